The maximum absolute atomic E-state index is 5.91. The first-order chi connectivity index (χ1) is 9.76. The van der Waals surface area contributed by atoms with Crippen LogP contribution in [0.4, 0.5) is 5.69 Å². The molecular weight excluding hydrogens is 254 g/mol. The topological polar surface area (TPSA) is 53.7 Å². The molecule has 0 radical (unpaired) electrons. The van der Waals surface area contributed by atoms with E-state index in [4.69, 9.17) is 19.9 Å². The van der Waals surface area contributed by atoms with Crippen LogP contribution in [0.2, 0.25) is 0 Å². The Morgan fingerprint density at radius 2 is 1.55 bits per heavy atom. The standard InChI is InChI=1S/C16H19NO3/c1-18-14-8-5-9-15(19-2)16(14)20-11-10-12-6-3-4-7-13(12)17/h3-9H,10-11,17H2,1-2H3. The first kappa shape index (κ1) is 14.1. The third-order valence-electron chi connectivity index (χ3n) is 3.06. The predicted octanol–water partition coefficient (Wildman–Crippen LogP) is 2.91. The van der Waals surface area contributed by atoms with Gasteiger partial charge in [-0.25, -0.2) is 0 Å². The smallest absolute Gasteiger partial charge is 0.203 e. The van der Waals surface area contributed by atoms with Crippen molar-refractivity contribution in [3.8, 4) is 17.2 Å². The van der Waals surface area contributed by atoms with E-state index in [-0.39, 0.29) is 0 Å². The van der Waals surface area contributed by atoms with E-state index in [0.29, 0.717) is 23.9 Å². The first-order valence-corrected chi connectivity index (χ1v) is 6.43. The lowest BCUT2D eigenvalue weighted by Gasteiger charge is -2.14. The van der Waals surface area contributed by atoms with Crippen LogP contribution in [0, 0.1) is 0 Å². The van der Waals surface area contributed by atoms with E-state index >= 15 is 0 Å². The van der Waals surface area contributed by atoms with Gasteiger partial charge in [0.25, 0.3) is 0 Å². The number of anilines is 1. The number of nitrogen functional groups attached to an aromatic ring is 1. The van der Waals surface area contributed by atoms with Gasteiger partial charge in [-0.05, 0) is 23.8 Å². The summed E-state index contributed by atoms with van der Waals surface area (Å²) in [4.78, 5) is 0. The molecule has 0 aromatic heterocycles. The van der Waals surface area contributed by atoms with Crippen LogP contribution in [0.25, 0.3) is 0 Å². The monoisotopic (exact) mass is 273 g/mol. The quantitative estimate of drug-likeness (QED) is 0.822. The van der Waals surface area contributed by atoms with Crippen molar-refractivity contribution in [2.75, 3.05) is 26.6 Å². The molecule has 0 aliphatic rings. The minimum absolute atomic E-state index is 0.505. The number of benzene rings is 2. The van der Waals surface area contributed by atoms with Crippen molar-refractivity contribution in [3.63, 3.8) is 0 Å². The summed E-state index contributed by atoms with van der Waals surface area (Å²) in [6, 6.07) is 13.3. The van der Waals surface area contributed by atoms with Crippen LogP contribution >= 0.6 is 0 Å². The minimum Gasteiger partial charge on any atom is -0.493 e. The molecule has 2 aromatic rings. The molecular formula is C16H19NO3. The average molecular weight is 273 g/mol. The van der Waals surface area contributed by atoms with E-state index in [0.717, 1.165) is 17.7 Å². The van der Waals surface area contributed by atoms with Gasteiger partial charge in [0, 0.05) is 12.1 Å². The Balaban J connectivity index is 2.06. The summed E-state index contributed by atoms with van der Waals surface area (Å²) in [5.41, 5.74) is 7.76. The summed E-state index contributed by atoms with van der Waals surface area (Å²) in [6.45, 7) is 0.505. The van der Waals surface area contributed by atoms with Crippen LogP contribution in [0.15, 0.2) is 42.5 Å². The van der Waals surface area contributed by atoms with Gasteiger partial charge in [0.15, 0.2) is 11.5 Å². The molecule has 0 amide bonds. The van der Waals surface area contributed by atoms with Gasteiger partial charge in [0.2, 0.25) is 5.75 Å². The van der Waals surface area contributed by atoms with Crippen LogP contribution in [0.1, 0.15) is 5.56 Å². The van der Waals surface area contributed by atoms with Gasteiger partial charge in [0.05, 0.1) is 20.8 Å². The molecule has 2 N–H and O–H groups in total. The molecule has 0 fully saturated rings. The van der Waals surface area contributed by atoms with Crippen LogP contribution in [-0.4, -0.2) is 20.8 Å². The third-order valence-corrected chi connectivity index (χ3v) is 3.06. The molecule has 0 heterocycles. The Morgan fingerprint density at radius 1 is 0.900 bits per heavy atom. The van der Waals surface area contributed by atoms with Crippen molar-refractivity contribution >= 4 is 5.69 Å². The number of rotatable bonds is 6. The zero-order valence-corrected chi connectivity index (χ0v) is 11.8. The van der Waals surface area contributed by atoms with E-state index < -0.39 is 0 Å². The fraction of sp³-hybridized carbons (Fsp3) is 0.250. The van der Waals surface area contributed by atoms with Gasteiger partial charge in [-0.1, -0.05) is 24.3 Å². The first-order valence-electron chi connectivity index (χ1n) is 6.43. The van der Waals surface area contributed by atoms with Crippen LogP contribution < -0.4 is 19.9 Å². The van der Waals surface area contributed by atoms with Crippen molar-refractivity contribution in [1.82, 2.24) is 0 Å². The predicted molar refractivity (Wildman–Crippen MR) is 79.6 cm³/mol. The van der Waals surface area contributed by atoms with Crippen molar-refractivity contribution < 1.29 is 14.2 Å². The summed E-state index contributed by atoms with van der Waals surface area (Å²) < 4.78 is 16.4. The number of ether oxygens (including phenoxy) is 3. The second-order valence-corrected chi connectivity index (χ2v) is 4.29. The van der Waals surface area contributed by atoms with Gasteiger partial charge in [-0.2, -0.15) is 0 Å². The normalized spacial score (nSPS) is 10.1. The van der Waals surface area contributed by atoms with Gasteiger partial charge >= 0.3 is 0 Å². The second-order valence-electron chi connectivity index (χ2n) is 4.29. The summed E-state index contributed by atoms with van der Waals surface area (Å²) in [6.07, 6.45) is 0.730. The van der Waals surface area contributed by atoms with Gasteiger partial charge < -0.3 is 19.9 Å². The van der Waals surface area contributed by atoms with E-state index in [9.17, 15) is 0 Å². The van der Waals surface area contributed by atoms with Crippen molar-refractivity contribution in [3.05, 3.63) is 48.0 Å². The largest absolute Gasteiger partial charge is 0.493 e. The Kier molecular flexibility index (Phi) is 4.71. The average Bonchev–Trinajstić information content (AvgIpc) is 2.49. The fourth-order valence-corrected chi connectivity index (χ4v) is 1.98. The van der Waals surface area contributed by atoms with Gasteiger partial charge in [-0.15, -0.1) is 0 Å². The van der Waals surface area contributed by atoms with E-state index in [2.05, 4.69) is 0 Å². The molecule has 0 saturated carbocycles. The van der Waals surface area contributed by atoms with E-state index in [1.165, 1.54) is 0 Å². The maximum atomic E-state index is 5.91. The highest BCUT2D eigenvalue weighted by molar-refractivity contribution is 5.51. The lowest BCUT2D eigenvalue weighted by atomic mass is 10.1. The number of hydrogen-bond acceptors (Lipinski definition) is 4. The molecule has 4 nitrogen and oxygen atoms in total. The molecule has 0 saturated heterocycles. The summed E-state index contributed by atoms with van der Waals surface area (Å²) in [5.74, 6) is 1.93. The highest BCUT2D eigenvalue weighted by Crippen LogP contribution is 2.36. The van der Waals surface area contributed by atoms with Crippen molar-refractivity contribution in [2.24, 2.45) is 0 Å². The van der Waals surface area contributed by atoms with Gasteiger partial charge in [-0.3, -0.25) is 0 Å². The molecule has 0 spiro atoms. The summed E-state index contributed by atoms with van der Waals surface area (Å²) in [7, 11) is 3.22. The molecule has 106 valence electrons. The second kappa shape index (κ2) is 6.70. The molecule has 0 aliphatic carbocycles. The van der Waals surface area contributed by atoms with Crippen LogP contribution in [-0.2, 0) is 6.42 Å². The maximum Gasteiger partial charge on any atom is 0.203 e. The Hall–Kier alpha value is -2.36. The number of methoxy groups -OCH3 is 2. The molecule has 4 heteroatoms. The highest BCUT2D eigenvalue weighted by Gasteiger charge is 2.11. The zero-order valence-electron chi connectivity index (χ0n) is 11.8. The number of hydrogen-bond donors (Lipinski definition) is 1. The molecule has 2 aromatic carbocycles. The third kappa shape index (κ3) is 3.15. The van der Waals surface area contributed by atoms with E-state index in [1.807, 2.05) is 42.5 Å². The summed E-state index contributed by atoms with van der Waals surface area (Å²) >= 11 is 0. The Morgan fingerprint density at radius 3 is 2.15 bits per heavy atom. The molecule has 0 atom stereocenters. The van der Waals surface area contributed by atoms with Crippen LogP contribution in [0.5, 0.6) is 17.2 Å². The molecule has 0 bridgehead atoms. The highest BCUT2D eigenvalue weighted by atomic mass is 16.5. The molecule has 2 rings (SSSR count). The number of para-hydroxylation sites is 2. The lowest BCUT2D eigenvalue weighted by Crippen LogP contribution is -2.05. The summed E-state index contributed by atoms with van der Waals surface area (Å²) in [5, 5.41) is 0. The van der Waals surface area contributed by atoms with Gasteiger partial charge in [0.1, 0.15) is 0 Å². The number of nitrogens with two attached hydrogens (primary N) is 1. The Bertz CT molecular complexity index is 547. The molecule has 20 heavy (non-hydrogen) atoms. The zero-order chi connectivity index (χ0) is 14.4. The Labute approximate surface area is 119 Å². The van der Waals surface area contributed by atoms with Crippen molar-refractivity contribution in [2.45, 2.75) is 6.42 Å². The minimum atomic E-state index is 0.505. The lowest BCUT2D eigenvalue weighted by molar-refractivity contribution is 0.277. The molecule has 0 unspecified atom stereocenters. The fourth-order valence-electron chi connectivity index (χ4n) is 1.98. The van der Waals surface area contributed by atoms with Crippen molar-refractivity contribution in [1.29, 1.82) is 0 Å². The van der Waals surface area contributed by atoms with Crippen LogP contribution in [0.3, 0.4) is 0 Å². The molecule has 0 aliphatic heterocycles. The SMILES string of the molecule is COc1cccc(OC)c1OCCc1ccccc1N. The van der Waals surface area contributed by atoms with E-state index in [1.54, 1.807) is 14.2 Å².